The molecule has 1 aromatic rings. The van der Waals surface area contributed by atoms with Gasteiger partial charge in [0.05, 0.1) is 0 Å². The zero-order valence-corrected chi connectivity index (χ0v) is 14.5. The SMILES string of the molecule is CC1CCN(C(=O)C2(C(=O)NCc3ccc4c(c3)OCO4)CC2)CC1. The summed E-state index contributed by atoms with van der Waals surface area (Å²) in [5, 5.41) is 2.94. The first kappa shape index (κ1) is 16.2. The molecule has 4 rings (SSSR count). The molecular weight excluding hydrogens is 320 g/mol. The molecule has 2 amide bonds. The van der Waals surface area contributed by atoms with Crippen LogP contribution in [0.4, 0.5) is 0 Å². The Labute approximate surface area is 147 Å². The van der Waals surface area contributed by atoms with Gasteiger partial charge in [0, 0.05) is 19.6 Å². The highest BCUT2D eigenvalue weighted by molar-refractivity contribution is 6.07. The van der Waals surface area contributed by atoms with Crippen molar-refractivity contribution in [1.82, 2.24) is 10.2 Å². The molecule has 0 aromatic heterocycles. The molecule has 25 heavy (non-hydrogen) atoms. The number of nitrogens with zero attached hydrogens (tertiary/aromatic N) is 1. The van der Waals surface area contributed by atoms with Crippen molar-refractivity contribution in [3.63, 3.8) is 0 Å². The number of hydrogen-bond acceptors (Lipinski definition) is 4. The van der Waals surface area contributed by atoms with Crippen LogP contribution in [0.2, 0.25) is 0 Å². The third kappa shape index (κ3) is 3.05. The third-order valence-electron chi connectivity index (χ3n) is 5.55. The summed E-state index contributed by atoms with van der Waals surface area (Å²) in [6.45, 7) is 4.39. The van der Waals surface area contributed by atoms with Crippen LogP contribution in [-0.4, -0.2) is 36.6 Å². The van der Waals surface area contributed by atoms with Crippen LogP contribution in [0.15, 0.2) is 18.2 Å². The molecule has 1 N–H and O–H groups in total. The molecule has 6 heteroatoms. The van der Waals surface area contributed by atoms with E-state index in [1.165, 1.54) is 0 Å². The number of nitrogens with one attached hydrogen (secondary N) is 1. The predicted molar refractivity (Wildman–Crippen MR) is 91.1 cm³/mol. The molecule has 2 heterocycles. The second-order valence-corrected chi connectivity index (χ2v) is 7.43. The number of carbonyl (C=O) groups excluding carboxylic acids is 2. The van der Waals surface area contributed by atoms with Crippen LogP contribution in [0.3, 0.4) is 0 Å². The smallest absolute Gasteiger partial charge is 0.238 e. The summed E-state index contributed by atoms with van der Waals surface area (Å²) >= 11 is 0. The first-order valence-corrected chi connectivity index (χ1v) is 9.05. The first-order valence-electron chi connectivity index (χ1n) is 9.05. The lowest BCUT2D eigenvalue weighted by molar-refractivity contribution is -0.145. The summed E-state index contributed by atoms with van der Waals surface area (Å²) < 4.78 is 10.6. The Morgan fingerprint density at radius 3 is 2.64 bits per heavy atom. The number of fused-ring (bicyclic) bond motifs is 1. The highest BCUT2D eigenvalue weighted by Gasteiger charge is 2.57. The second kappa shape index (κ2) is 6.24. The van der Waals surface area contributed by atoms with Gasteiger partial charge >= 0.3 is 0 Å². The maximum absolute atomic E-state index is 12.8. The van der Waals surface area contributed by atoms with E-state index in [9.17, 15) is 9.59 Å². The van der Waals surface area contributed by atoms with Crippen LogP contribution >= 0.6 is 0 Å². The number of likely N-dealkylation sites (tertiary alicyclic amines) is 1. The lowest BCUT2D eigenvalue weighted by atomic mass is 9.96. The van der Waals surface area contributed by atoms with Crippen molar-refractivity contribution in [2.75, 3.05) is 19.9 Å². The van der Waals surface area contributed by atoms with Gasteiger partial charge in [0.25, 0.3) is 0 Å². The number of rotatable bonds is 4. The average Bonchev–Trinajstić information content (AvgIpc) is 3.31. The fraction of sp³-hybridized carbons (Fsp3) is 0.579. The molecule has 134 valence electrons. The van der Waals surface area contributed by atoms with Gasteiger partial charge in [-0.15, -0.1) is 0 Å². The van der Waals surface area contributed by atoms with Gasteiger partial charge in [-0.05, 0) is 49.3 Å². The van der Waals surface area contributed by atoms with E-state index in [0.29, 0.717) is 31.1 Å². The number of benzene rings is 1. The van der Waals surface area contributed by atoms with Gasteiger partial charge in [0.1, 0.15) is 5.41 Å². The summed E-state index contributed by atoms with van der Waals surface area (Å²) in [7, 11) is 0. The molecule has 0 bridgehead atoms. The van der Waals surface area contributed by atoms with E-state index in [4.69, 9.17) is 9.47 Å². The van der Waals surface area contributed by atoms with E-state index < -0.39 is 5.41 Å². The molecule has 3 aliphatic rings. The highest BCUT2D eigenvalue weighted by Crippen LogP contribution is 2.48. The van der Waals surface area contributed by atoms with Crippen LogP contribution in [0, 0.1) is 11.3 Å². The molecular formula is C19H24N2O4. The van der Waals surface area contributed by atoms with Crippen molar-refractivity contribution < 1.29 is 19.1 Å². The second-order valence-electron chi connectivity index (χ2n) is 7.43. The number of piperidine rings is 1. The van der Waals surface area contributed by atoms with Gasteiger partial charge in [-0.1, -0.05) is 13.0 Å². The average molecular weight is 344 g/mol. The Morgan fingerprint density at radius 2 is 1.92 bits per heavy atom. The van der Waals surface area contributed by atoms with E-state index in [2.05, 4.69) is 12.2 Å². The van der Waals surface area contributed by atoms with Crippen molar-refractivity contribution in [3.05, 3.63) is 23.8 Å². The fourth-order valence-corrected chi connectivity index (χ4v) is 3.58. The van der Waals surface area contributed by atoms with Gasteiger partial charge in [0.15, 0.2) is 11.5 Å². The monoisotopic (exact) mass is 344 g/mol. The lowest BCUT2D eigenvalue weighted by Crippen LogP contribution is -2.47. The molecule has 2 fully saturated rings. The summed E-state index contributed by atoms with van der Waals surface area (Å²) in [6.07, 6.45) is 3.37. The minimum Gasteiger partial charge on any atom is -0.454 e. The lowest BCUT2D eigenvalue weighted by Gasteiger charge is -2.32. The zero-order chi connectivity index (χ0) is 17.4. The highest BCUT2D eigenvalue weighted by atomic mass is 16.7. The Hall–Kier alpha value is -2.24. The summed E-state index contributed by atoms with van der Waals surface area (Å²) in [5.74, 6) is 1.96. The molecule has 1 aliphatic carbocycles. The number of carbonyl (C=O) groups is 2. The van der Waals surface area contributed by atoms with E-state index in [1.807, 2.05) is 23.1 Å². The minimum absolute atomic E-state index is 0.0163. The molecule has 6 nitrogen and oxygen atoms in total. The van der Waals surface area contributed by atoms with Gasteiger partial charge in [-0.25, -0.2) is 0 Å². The van der Waals surface area contributed by atoms with E-state index in [1.54, 1.807) is 0 Å². The van der Waals surface area contributed by atoms with Gasteiger partial charge in [0.2, 0.25) is 18.6 Å². The van der Waals surface area contributed by atoms with Crippen LogP contribution in [-0.2, 0) is 16.1 Å². The number of ether oxygens (including phenoxy) is 2. The molecule has 0 radical (unpaired) electrons. The van der Waals surface area contributed by atoms with E-state index in [0.717, 1.165) is 37.2 Å². The van der Waals surface area contributed by atoms with Gasteiger partial charge in [-0.3, -0.25) is 9.59 Å². The Morgan fingerprint density at radius 1 is 1.20 bits per heavy atom. The maximum Gasteiger partial charge on any atom is 0.238 e. The fourth-order valence-electron chi connectivity index (χ4n) is 3.58. The van der Waals surface area contributed by atoms with Crippen molar-refractivity contribution in [2.45, 2.75) is 39.2 Å². The van der Waals surface area contributed by atoms with Crippen molar-refractivity contribution >= 4 is 11.8 Å². The van der Waals surface area contributed by atoms with Crippen LogP contribution < -0.4 is 14.8 Å². The molecule has 0 atom stereocenters. The number of amides is 2. The summed E-state index contributed by atoms with van der Waals surface area (Å²) in [5.41, 5.74) is 0.115. The van der Waals surface area contributed by atoms with E-state index >= 15 is 0 Å². The Kier molecular flexibility index (Phi) is 4.06. The molecule has 1 aromatic carbocycles. The van der Waals surface area contributed by atoms with Crippen LogP contribution in [0.5, 0.6) is 11.5 Å². The van der Waals surface area contributed by atoms with Crippen molar-refractivity contribution in [2.24, 2.45) is 11.3 Å². The topological polar surface area (TPSA) is 67.9 Å². The minimum atomic E-state index is -0.823. The third-order valence-corrected chi connectivity index (χ3v) is 5.55. The van der Waals surface area contributed by atoms with Crippen LogP contribution in [0.1, 0.15) is 38.2 Å². The largest absolute Gasteiger partial charge is 0.454 e. The normalized spacial score (nSPS) is 21.1. The molecule has 1 saturated carbocycles. The summed E-state index contributed by atoms with van der Waals surface area (Å²) in [6, 6.07) is 5.62. The van der Waals surface area contributed by atoms with Crippen LogP contribution in [0.25, 0.3) is 0 Å². The Balaban J connectivity index is 1.36. The molecule has 2 aliphatic heterocycles. The summed E-state index contributed by atoms with van der Waals surface area (Å²) in [4.78, 5) is 27.4. The quantitative estimate of drug-likeness (QED) is 0.849. The number of hydrogen-bond donors (Lipinski definition) is 1. The molecule has 0 spiro atoms. The maximum atomic E-state index is 12.8. The van der Waals surface area contributed by atoms with Crippen molar-refractivity contribution in [3.8, 4) is 11.5 Å². The predicted octanol–water partition coefficient (Wildman–Crippen LogP) is 2.07. The molecule has 0 unspecified atom stereocenters. The van der Waals surface area contributed by atoms with Gasteiger partial charge in [-0.2, -0.15) is 0 Å². The van der Waals surface area contributed by atoms with Crippen molar-refractivity contribution in [1.29, 1.82) is 0 Å². The van der Waals surface area contributed by atoms with Gasteiger partial charge < -0.3 is 19.7 Å². The molecule has 1 saturated heterocycles. The zero-order valence-electron chi connectivity index (χ0n) is 14.5. The first-order chi connectivity index (χ1) is 12.1. The standard InChI is InChI=1S/C19H24N2O4/c1-13-4-8-21(9-5-13)18(23)19(6-7-19)17(22)20-11-14-2-3-15-16(10-14)25-12-24-15/h2-3,10,13H,4-9,11-12H2,1H3,(H,20,22). The Bertz CT molecular complexity index is 691. The van der Waals surface area contributed by atoms with E-state index in [-0.39, 0.29) is 18.6 Å².